The number of benzene rings is 2. The minimum atomic E-state index is -0.237. The molecule has 2 heterocycles. The molecule has 1 unspecified atom stereocenters. The standard InChI is InChI=1S/C24H24ClN3O3/c1-30-14-20-21-22(16-5-7-17(25)8-6-16)27(13-15-3-11-19(31-2)12-4-15)24(29)23(21)28(26-20)18-9-10-18/h3-8,11-12,18,22H,9-10,13-14H2,1-2H3. The third-order valence-electron chi connectivity index (χ3n) is 5.94. The van der Waals surface area contributed by atoms with Crippen LogP contribution < -0.4 is 4.74 Å². The molecule has 1 amide bonds. The molecular formula is C24H24ClN3O3. The summed E-state index contributed by atoms with van der Waals surface area (Å²) in [7, 11) is 3.30. The summed E-state index contributed by atoms with van der Waals surface area (Å²) in [6.07, 6.45) is 2.11. The number of ether oxygens (including phenoxy) is 2. The molecule has 7 heteroatoms. The summed E-state index contributed by atoms with van der Waals surface area (Å²) in [6.45, 7) is 0.859. The van der Waals surface area contributed by atoms with Gasteiger partial charge in [-0.25, -0.2) is 0 Å². The van der Waals surface area contributed by atoms with E-state index in [1.165, 1.54) is 0 Å². The van der Waals surface area contributed by atoms with Crippen molar-refractivity contribution in [3.05, 3.63) is 81.6 Å². The van der Waals surface area contributed by atoms with Crippen LogP contribution in [0.4, 0.5) is 0 Å². The second-order valence-corrected chi connectivity index (χ2v) is 8.49. The van der Waals surface area contributed by atoms with Gasteiger partial charge >= 0.3 is 0 Å². The zero-order valence-corrected chi connectivity index (χ0v) is 18.3. The molecule has 0 radical (unpaired) electrons. The molecule has 0 spiro atoms. The molecular weight excluding hydrogens is 414 g/mol. The third kappa shape index (κ3) is 3.60. The summed E-state index contributed by atoms with van der Waals surface area (Å²) >= 11 is 6.15. The van der Waals surface area contributed by atoms with E-state index in [1.54, 1.807) is 14.2 Å². The second-order valence-electron chi connectivity index (χ2n) is 8.05. The lowest BCUT2D eigenvalue weighted by molar-refractivity contribution is 0.0722. The van der Waals surface area contributed by atoms with E-state index in [4.69, 9.17) is 26.2 Å². The summed E-state index contributed by atoms with van der Waals surface area (Å²) in [5.41, 5.74) is 4.53. The molecule has 3 aromatic rings. The van der Waals surface area contributed by atoms with Gasteiger partial charge in [0.15, 0.2) is 0 Å². The number of hydrogen-bond donors (Lipinski definition) is 0. The number of fused-ring (bicyclic) bond motifs is 1. The summed E-state index contributed by atoms with van der Waals surface area (Å²) in [5.74, 6) is 0.799. The van der Waals surface area contributed by atoms with Crippen molar-refractivity contribution in [3.63, 3.8) is 0 Å². The molecule has 31 heavy (non-hydrogen) atoms. The Balaban J connectivity index is 1.60. The van der Waals surface area contributed by atoms with Gasteiger partial charge in [0.05, 0.1) is 31.5 Å². The Hall–Kier alpha value is -2.83. The summed E-state index contributed by atoms with van der Waals surface area (Å²) in [4.78, 5) is 15.6. The number of methoxy groups -OCH3 is 2. The van der Waals surface area contributed by atoms with Crippen LogP contribution >= 0.6 is 11.6 Å². The molecule has 5 rings (SSSR count). The molecule has 1 aromatic heterocycles. The van der Waals surface area contributed by atoms with E-state index in [0.29, 0.717) is 29.9 Å². The van der Waals surface area contributed by atoms with Crippen LogP contribution in [0.2, 0.25) is 5.02 Å². The number of aromatic nitrogens is 2. The highest BCUT2D eigenvalue weighted by atomic mass is 35.5. The van der Waals surface area contributed by atoms with Crippen LogP contribution in [0.5, 0.6) is 5.75 Å². The van der Waals surface area contributed by atoms with E-state index in [1.807, 2.05) is 58.1 Å². The Morgan fingerprint density at radius 2 is 1.77 bits per heavy atom. The minimum absolute atomic E-state index is 0.00696. The molecule has 1 aliphatic carbocycles. The Bertz CT molecular complexity index is 1100. The largest absolute Gasteiger partial charge is 0.497 e. The first-order valence-corrected chi connectivity index (χ1v) is 10.8. The van der Waals surface area contributed by atoms with Crippen LogP contribution in [0.3, 0.4) is 0 Å². The van der Waals surface area contributed by atoms with Gasteiger partial charge in [0.25, 0.3) is 5.91 Å². The van der Waals surface area contributed by atoms with Gasteiger partial charge in [0, 0.05) is 24.2 Å². The van der Waals surface area contributed by atoms with Crippen LogP contribution in [0, 0.1) is 0 Å². The highest BCUT2D eigenvalue weighted by Crippen LogP contribution is 2.46. The van der Waals surface area contributed by atoms with Gasteiger partial charge in [-0.3, -0.25) is 9.48 Å². The van der Waals surface area contributed by atoms with Gasteiger partial charge in [-0.1, -0.05) is 35.9 Å². The predicted octanol–water partition coefficient (Wildman–Crippen LogP) is 4.77. The Labute approximate surface area is 186 Å². The number of rotatable bonds is 7. The summed E-state index contributed by atoms with van der Waals surface area (Å²) in [6, 6.07) is 15.6. The van der Waals surface area contributed by atoms with Gasteiger partial charge in [-0.2, -0.15) is 5.10 Å². The van der Waals surface area contributed by atoms with Gasteiger partial charge in [-0.15, -0.1) is 0 Å². The quantitative estimate of drug-likeness (QED) is 0.534. The highest BCUT2D eigenvalue weighted by molar-refractivity contribution is 6.30. The van der Waals surface area contributed by atoms with Crippen molar-refractivity contribution >= 4 is 17.5 Å². The smallest absolute Gasteiger partial charge is 0.273 e. The fourth-order valence-corrected chi connectivity index (χ4v) is 4.44. The number of amides is 1. The summed E-state index contributed by atoms with van der Waals surface area (Å²) in [5, 5.41) is 5.46. The van der Waals surface area contributed by atoms with E-state index in [9.17, 15) is 4.79 Å². The normalized spacial score (nSPS) is 17.8. The fraction of sp³-hybridized carbons (Fsp3) is 0.333. The maximum absolute atomic E-state index is 13.7. The van der Waals surface area contributed by atoms with Crippen molar-refractivity contribution in [2.45, 2.75) is 38.1 Å². The molecule has 0 bridgehead atoms. The second kappa shape index (κ2) is 8.02. The summed E-state index contributed by atoms with van der Waals surface area (Å²) < 4.78 is 12.7. The van der Waals surface area contributed by atoms with Gasteiger partial charge in [0.2, 0.25) is 0 Å². The molecule has 6 nitrogen and oxygen atoms in total. The van der Waals surface area contributed by atoms with Crippen molar-refractivity contribution in [1.82, 2.24) is 14.7 Å². The van der Waals surface area contributed by atoms with E-state index in [0.717, 1.165) is 41.0 Å². The highest BCUT2D eigenvalue weighted by Gasteiger charge is 2.45. The molecule has 2 aliphatic rings. The zero-order chi connectivity index (χ0) is 21.5. The number of halogens is 1. The number of nitrogens with zero attached hydrogens (tertiary/aromatic N) is 3. The first-order valence-electron chi connectivity index (χ1n) is 10.4. The van der Waals surface area contributed by atoms with Crippen molar-refractivity contribution in [3.8, 4) is 5.75 Å². The van der Waals surface area contributed by atoms with Crippen molar-refractivity contribution in [1.29, 1.82) is 0 Å². The van der Waals surface area contributed by atoms with Crippen molar-refractivity contribution < 1.29 is 14.3 Å². The third-order valence-corrected chi connectivity index (χ3v) is 6.20. The molecule has 1 fully saturated rings. The van der Waals surface area contributed by atoms with Gasteiger partial charge in [0.1, 0.15) is 11.4 Å². The maximum atomic E-state index is 13.7. The molecule has 0 N–H and O–H groups in total. The average molecular weight is 438 g/mol. The number of carbonyl (C=O) groups excluding carboxylic acids is 1. The zero-order valence-electron chi connectivity index (χ0n) is 17.5. The Kier molecular flexibility index (Phi) is 5.20. The number of carbonyl (C=O) groups is 1. The predicted molar refractivity (Wildman–Crippen MR) is 117 cm³/mol. The Morgan fingerprint density at radius 1 is 1.06 bits per heavy atom. The van der Waals surface area contributed by atoms with Crippen LogP contribution in [0.25, 0.3) is 0 Å². The van der Waals surface area contributed by atoms with Crippen LogP contribution in [-0.4, -0.2) is 34.8 Å². The minimum Gasteiger partial charge on any atom is -0.497 e. The van der Waals surface area contributed by atoms with Gasteiger partial charge in [-0.05, 0) is 48.2 Å². The molecule has 1 atom stereocenters. The molecule has 160 valence electrons. The maximum Gasteiger partial charge on any atom is 0.273 e. The topological polar surface area (TPSA) is 56.6 Å². The van der Waals surface area contributed by atoms with Crippen LogP contribution in [-0.2, 0) is 17.9 Å². The van der Waals surface area contributed by atoms with Crippen LogP contribution in [0.1, 0.15) is 57.8 Å². The van der Waals surface area contributed by atoms with E-state index < -0.39 is 0 Å². The average Bonchev–Trinajstić information content (AvgIpc) is 3.51. The fourth-order valence-electron chi connectivity index (χ4n) is 4.31. The lowest BCUT2D eigenvalue weighted by Crippen LogP contribution is -2.30. The number of hydrogen-bond acceptors (Lipinski definition) is 4. The molecule has 0 saturated heterocycles. The molecule has 1 aliphatic heterocycles. The Morgan fingerprint density at radius 3 is 2.39 bits per heavy atom. The SMILES string of the molecule is COCc1nn(C2CC2)c2c1C(c1ccc(Cl)cc1)N(Cc1ccc(OC)cc1)C2=O. The lowest BCUT2D eigenvalue weighted by Gasteiger charge is -2.27. The van der Waals surface area contributed by atoms with E-state index >= 15 is 0 Å². The first-order chi connectivity index (χ1) is 15.1. The molecule has 2 aromatic carbocycles. The van der Waals surface area contributed by atoms with Gasteiger partial charge < -0.3 is 14.4 Å². The molecule has 1 saturated carbocycles. The monoisotopic (exact) mass is 437 g/mol. The van der Waals surface area contributed by atoms with E-state index in [2.05, 4.69) is 0 Å². The van der Waals surface area contributed by atoms with Crippen LogP contribution in [0.15, 0.2) is 48.5 Å². The first kappa shape index (κ1) is 20.1. The van der Waals surface area contributed by atoms with E-state index in [-0.39, 0.29) is 11.9 Å². The van der Waals surface area contributed by atoms with Crippen molar-refractivity contribution in [2.24, 2.45) is 0 Å². The lowest BCUT2D eigenvalue weighted by atomic mass is 9.98. The van der Waals surface area contributed by atoms with Crippen molar-refractivity contribution in [2.75, 3.05) is 14.2 Å².